The molecule has 1 rings (SSSR count). The van der Waals surface area contributed by atoms with E-state index in [1.54, 1.807) is 0 Å². The van der Waals surface area contributed by atoms with Gasteiger partial charge in [0.25, 0.3) is 0 Å². The van der Waals surface area contributed by atoms with Gasteiger partial charge in [-0.2, -0.15) is 0 Å². The molecule has 0 spiro atoms. The van der Waals surface area contributed by atoms with Crippen molar-refractivity contribution >= 4 is 15.8 Å². The van der Waals surface area contributed by atoms with Crippen molar-refractivity contribution in [1.29, 1.82) is 0 Å². The third-order valence-corrected chi connectivity index (χ3v) is 5.86. The first-order chi connectivity index (χ1) is 9.94. The van der Waals surface area contributed by atoms with Gasteiger partial charge in [0, 0.05) is 6.04 Å². The highest BCUT2D eigenvalue weighted by atomic mass is 32.2. The summed E-state index contributed by atoms with van der Waals surface area (Å²) >= 11 is 0. The molecule has 0 aromatic rings. The lowest BCUT2D eigenvalue weighted by Gasteiger charge is -2.26. The molecule has 1 atom stereocenters. The second-order valence-electron chi connectivity index (χ2n) is 6.04. The van der Waals surface area contributed by atoms with Crippen LogP contribution >= 0.6 is 0 Å². The summed E-state index contributed by atoms with van der Waals surface area (Å²) in [6.07, 6.45) is 8.85. The summed E-state index contributed by atoms with van der Waals surface area (Å²) in [5.41, 5.74) is 0. The predicted molar refractivity (Wildman–Crippen MR) is 84.3 cm³/mol. The number of carboxylic acid groups (broad SMARTS) is 1. The fourth-order valence-electron chi connectivity index (χ4n) is 2.90. The van der Waals surface area contributed by atoms with Gasteiger partial charge in [-0.3, -0.25) is 9.69 Å². The Morgan fingerprint density at radius 1 is 1.14 bits per heavy atom. The minimum Gasteiger partial charge on any atom is -0.480 e. The van der Waals surface area contributed by atoms with Crippen LogP contribution in [-0.4, -0.2) is 55.0 Å². The largest absolute Gasteiger partial charge is 0.480 e. The molecule has 1 fully saturated rings. The van der Waals surface area contributed by atoms with Gasteiger partial charge in [-0.05, 0) is 19.4 Å². The molecule has 1 unspecified atom stereocenters. The van der Waals surface area contributed by atoms with Crippen molar-refractivity contribution in [1.82, 2.24) is 4.90 Å². The number of carbonyl (C=O) groups is 1. The Labute approximate surface area is 128 Å². The zero-order chi connectivity index (χ0) is 15.7. The van der Waals surface area contributed by atoms with Crippen LogP contribution in [0.4, 0.5) is 0 Å². The molecule has 0 aliphatic carbocycles. The molecule has 1 aliphatic heterocycles. The van der Waals surface area contributed by atoms with Crippen LogP contribution in [-0.2, 0) is 14.6 Å². The number of nitrogens with zero attached hydrogens (tertiary/aromatic N) is 1. The summed E-state index contributed by atoms with van der Waals surface area (Å²) in [4.78, 5) is 12.8. The van der Waals surface area contributed by atoms with E-state index in [0.29, 0.717) is 13.0 Å². The summed E-state index contributed by atoms with van der Waals surface area (Å²) in [5, 5.41) is 8.98. The average Bonchev–Trinajstić information content (AvgIpc) is 2.76. The smallest absolute Gasteiger partial charge is 0.317 e. The molecule has 1 aliphatic rings. The number of sulfone groups is 1. The summed E-state index contributed by atoms with van der Waals surface area (Å²) < 4.78 is 23.1. The minimum atomic E-state index is -2.96. The van der Waals surface area contributed by atoms with Crippen LogP contribution in [0.1, 0.15) is 58.3 Å². The maximum absolute atomic E-state index is 11.5. The number of hydrogen-bond donors (Lipinski definition) is 1. The van der Waals surface area contributed by atoms with E-state index < -0.39 is 15.8 Å². The van der Waals surface area contributed by atoms with Gasteiger partial charge in [0.05, 0.1) is 18.1 Å². The van der Waals surface area contributed by atoms with E-state index in [1.807, 2.05) is 4.90 Å². The molecule has 0 bridgehead atoms. The average molecular weight is 319 g/mol. The van der Waals surface area contributed by atoms with Crippen LogP contribution in [0.3, 0.4) is 0 Å². The Hall–Kier alpha value is -0.620. The topological polar surface area (TPSA) is 74.7 Å². The fourth-order valence-corrected chi connectivity index (χ4v) is 4.66. The monoisotopic (exact) mass is 319 g/mol. The van der Waals surface area contributed by atoms with E-state index in [1.165, 1.54) is 32.1 Å². The summed E-state index contributed by atoms with van der Waals surface area (Å²) in [6.45, 7) is 2.84. The first kappa shape index (κ1) is 18.4. The molecule has 0 saturated carbocycles. The SMILES string of the molecule is CCCCCCCCCN(CC(=O)O)C1CCS(=O)(=O)C1. The van der Waals surface area contributed by atoms with Crippen molar-refractivity contribution in [2.24, 2.45) is 0 Å². The number of aliphatic carboxylic acids is 1. The van der Waals surface area contributed by atoms with E-state index in [-0.39, 0.29) is 24.1 Å². The van der Waals surface area contributed by atoms with Gasteiger partial charge in [-0.25, -0.2) is 8.42 Å². The van der Waals surface area contributed by atoms with Crippen LogP contribution in [0.5, 0.6) is 0 Å². The van der Waals surface area contributed by atoms with Gasteiger partial charge in [-0.1, -0.05) is 45.4 Å². The van der Waals surface area contributed by atoms with Gasteiger partial charge in [0.15, 0.2) is 9.84 Å². The molecule has 21 heavy (non-hydrogen) atoms. The molecule has 124 valence electrons. The summed E-state index contributed by atoms with van der Waals surface area (Å²) in [5.74, 6) is -0.552. The highest BCUT2D eigenvalue weighted by Crippen LogP contribution is 2.18. The van der Waals surface area contributed by atoms with Crippen molar-refractivity contribution in [3.8, 4) is 0 Å². The number of rotatable bonds is 11. The van der Waals surface area contributed by atoms with Crippen LogP contribution in [0.2, 0.25) is 0 Å². The maximum atomic E-state index is 11.5. The third-order valence-electron chi connectivity index (χ3n) is 4.11. The zero-order valence-electron chi connectivity index (χ0n) is 13.1. The van der Waals surface area contributed by atoms with Crippen molar-refractivity contribution in [3.05, 3.63) is 0 Å². The summed E-state index contributed by atoms with van der Waals surface area (Å²) in [6, 6.07) is -0.105. The lowest BCUT2D eigenvalue weighted by molar-refractivity contribution is -0.138. The second kappa shape index (κ2) is 9.41. The highest BCUT2D eigenvalue weighted by Gasteiger charge is 2.32. The van der Waals surface area contributed by atoms with Crippen molar-refractivity contribution in [3.63, 3.8) is 0 Å². The van der Waals surface area contributed by atoms with Crippen molar-refractivity contribution < 1.29 is 18.3 Å². The van der Waals surface area contributed by atoms with E-state index in [0.717, 1.165) is 12.8 Å². The molecule has 1 saturated heterocycles. The molecular formula is C15H29NO4S. The quantitative estimate of drug-likeness (QED) is 0.592. The highest BCUT2D eigenvalue weighted by molar-refractivity contribution is 7.91. The van der Waals surface area contributed by atoms with E-state index in [9.17, 15) is 13.2 Å². The van der Waals surface area contributed by atoms with Gasteiger partial charge in [0.1, 0.15) is 0 Å². The van der Waals surface area contributed by atoms with Crippen LogP contribution in [0.25, 0.3) is 0 Å². The first-order valence-electron chi connectivity index (χ1n) is 8.11. The lowest BCUT2D eigenvalue weighted by atomic mass is 10.1. The molecule has 0 radical (unpaired) electrons. The molecular weight excluding hydrogens is 290 g/mol. The molecule has 0 amide bonds. The summed E-state index contributed by atoms with van der Waals surface area (Å²) in [7, 11) is -2.96. The Bertz CT molecular complexity index is 408. The van der Waals surface area contributed by atoms with Gasteiger partial charge >= 0.3 is 5.97 Å². The third kappa shape index (κ3) is 7.81. The van der Waals surface area contributed by atoms with Crippen molar-refractivity contribution in [2.45, 2.75) is 64.3 Å². The molecule has 0 aromatic heterocycles. The maximum Gasteiger partial charge on any atom is 0.317 e. The van der Waals surface area contributed by atoms with E-state index >= 15 is 0 Å². The normalized spacial score (nSPS) is 21.0. The molecule has 1 N–H and O–H groups in total. The Kier molecular flexibility index (Phi) is 8.26. The van der Waals surface area contributed by atoms with Crippen LogP contribution in [0.15, 0.2) is 0 Å². The molecule has 0 aromatic carbocycles. The number of carboxylic acids is 1. The minimum absolute atomic E-state index is 0.0456. The Balaban J connectivity index is 2.29. The molecule has 5 nitrogen and oxygen atoms in total. The standard InChI is InChI=1S/C15H29NO4S/c1-2-3-4-5-6-7-8-10-16(12-15(17)18)14-9-11-21(19,20)13-14/h14H,2-13H2,1H3,(H,17,18). The molecule has 6 heteroatoms. The lowest BCUT2D eigenvalue weighted by Crippen LogP contribution is -2.40. The first-order valence-corrected chi connectivity index (χ1v) is 9.93. The predicted octanol–water partition coefficient (Wildman–Crippen LogP) is 2.31. The van der Waals surface area contributed by atoms with Gasteiger partial charge in [-0.15, -0.1) is 0 Å². The Morgan fingerprint density at radius 2 is 1.76 bits per heavy atom. The number of hydrogen-bond acceptors (Lipinski definition) is 4. The zero-order valence-corrected chi connectivity index (χ0v) is 13.9. The van der Waals surface area contributed by atoms with Crippen molar-refractivity contribution in [2.75, 3.05) is 24.6 Å². The van der Waals surface area contributed by atoms with Gasteiger partial charge < -0.3 is 5.11 Å². The Morgan fingerprint density at radius 3 is 2.29 bits per heavy atom. The fraction of sp³-hybridized carbons (Fsp3) is 0.933. The van der Waals surface area contributed by atoms with Crippen LogP contribution < -0.4 is 0 Å². The molecule has 1 heterocycles. The van der Waals surface area contributed by atoms with Crippen LogP contribution in [0, 0.1) is 0 Å². The van der Waals surface area contributed by atoms with Gasteiger partial charge in [0.2, 0.25) is 0 Å². The number of unbranched alkanes of at least 4 members (excludes halogenated alkanes) is 6. The van der Waals surface area contributed by atoms with E-state index in [4.69, 9.17) is 5.11 Å². The second-order valence-corrected chi connectivity index (χ2v) is 8.27. The van der Waals surface area contributed by atoms with E-state index in [2.05, 4.69) is 6.92 Å².